The molecule has 6 nitrogen and oxygen atoms in total. The van der Waals surface area contributed by atoms with Gasteiger partial charge in [-0.2, -0.15) is 8.75 Å². The van der Waals surface area contributed by atoms with Gasteiger partial charge in [-0.05, 0) is 42.3 Å². The molecule has 1 atom stereocenters. The molecule has 1 aromatic heterocycles. The number of halogens is 1. The average molecular weight is 463 g/mol. The van der Waals surface area contributed by atoms with Gasteiger partial charge in [-0.25, -0.2) is 9.18 Å². The van der Waals surface area contributed by atoms with Crippen LogP contribution in [0.3, 0.4) is 0 Å². The fourth-order valence-corrected chi connectivity index (χ4v) is 4.53. The Hall–Kier alpha value is -3.62. The summed E-state index contributed by atoms with van der Waals surface area (Å²) in [6, 6.07) is 16.9. The molecule has 2 heterocycles. The summed E-state index contributed by atoms with van der Waals surface area (Å²) in [4.78, 5) is 13.1. The van der Waals surface area contributed by atoms with Crippen molar-refractivity contribution in [1.29, 1.82) is 0 Å². The number of rotatable bonds is 5. The van der Waals surface area contributed by atoms with Crippen LogP contribution in [-0.2, 0) is 21.7 Å². The molecule has 4 aromatic rings. The van der Waals surface area contributed by atoms with Gasteiger partial charge < -0.3 is 14.6 Å². The number of carbonyl (C=O) groups is 1. The van der Waals surface area contributed by atoms with Crippen LogP contribution in [0.4, 0.5) is 4.39 Å². The van der Waals surface area contributed by atoms with Gasteiger partial charge in [0.1, 0.15) is 11.0 Å². The Balaban J connectivity index is 1.69. The lowest BCUT2D eigenvalue weighted by Gasteiger charge is -2.26. The van der Waals surface area contributed by atoms with E-state index in [0.717, 1.165) is 17.3 Å². The molecule has 8 heteroatoms. The van der Waals surface area contributed by atoms with Crippen molar-refractivity contribution in [3.63, 3.8) is 0 Å². The van der Waals surface area contributed by atoms with Crippen LogP contribution in [0.5, 0.6) is 5.75 Å². The minimum Gasteiger partial charge on any atom is -0.494 e. The van der Waals surface area contributed by atoms with E-state index >= 15 is 0 Å². The number of cyclic esters (lactones) is 1. The van der Waals surface area contributed by atoms with Crippen LogP contribution in [0.15, 0.2) is 66.2 Å². The van der Waals surface area contributed by atoms with Crippen LogP contribution in [0.25, 0.3) is 16.6 Å². The molecule has 166 valence electrons. The van der Waals surface area contributed by atoms with Crippen LogP contribution < -0.4 is 4.74 Å². The molecule has 1 aliphatic heterocycles. The lowest BCUT2D eigenvalue weighted by atomic mass is 9.87. The minimum absolute atomic E-state index is 0.0831. The van der Waals surface area contributed by atoms with E-state index in [2.05, 4.69) is 8.75 Å². The zero-order valence-electron chi connectivity index (χ0n) is 17.8. The first-order chi connectivity index (χ1) is 15.9. The Morgan fingerprint density at radius 3 is 2.55 bits per heavy atom. The van der Waals surface area contributed by atoms with Crippen molar-refractivity contribution in [1.82, 2.24) is 8.75 Å². The number of esters is 1. The number of fused-ring (bicyclic) bond motifs is 1. The van der Waals surface area contributed by atoms with E-state index < -0.39 is 17.6 Å². The average Bonchev–Trinajstić information content (AvgIpc) is 3.36. The van der Waals surface area contributed by atoms with E-state index in [9.17, 15) is 14.3 Å². The second-order valence-corrected chi connectivity index (χ2v) is 8.39. The summed E-state index contributed by atoms with van der Waals surface area (Å²) in [5.41, 5.74) is 4.41. The highest BCUT2D eigenvalue weighted by atomic mass is 32.1. The second-order valence-electron chi connectivity index (χ2n) is 7.87. The van der Waals surface area contributed by atoms with Crippen molar-refractivity contribution in [2.75, 3.05) is 7.11 Å². The SMILES string of the molecule is COc1ccc(CC2=C(c3ccc4nsnc4c3)C(=O)OC2(O)c2ccc(C)cc2)cc1F. The molecule has 1 aliphatic rings. The van der Waals surface area contributed by atoms with Crippen LogP contribution in [0, 0.1) is 12.7 Å². The smallest absolute Gasteiger partial charge is 0.342 e. The quantitative estimate of drug-likeness (QED) is 0.439. The number of benzene rings is 3. The van der Waals surface area contributed by atoms with Crippen molar-refractivity contribution >= 4 is 34.3 Å². The summed E-state index contributed by atoms with van der Waals surface area (Å²) in [5, 5.41) is 11.7. The number of nitrogens with zero attached hydrogens (tertiary/aromatic N) is 2. The van der Waals surface area contributed by atoms with Crippen molar-refractivity contribution < 1.29 is 23.8 Å². The monoisotopic (exact) mass is 462 g/mol. The summed E-state index contributed by atoms with van der Waals surface area (Å²) in [7, 11) is 1.39. The zero-order valence-corrected chi connectivity index (χ0v) is 18.6. The normalized spacial score (nSPS) is 18.1. The Bertz CT molecular complexity index is 1410. The topological polar surface area (TPSA) is 81.5 Å². The molecule has 33 heavy (non-hydrogen) atoms. The predicted octanol–water partition coefficient (Wildman–Crippen LogP) is 4.55. The molecule has 0 radical (unpaired) electrons. The highest BCUT2D eigenvalue weighted by Crippen LogP contribution is 2.45. The van der Waals surface area contributed by atoms with Gasteiger partial charge in [-0.3, -0.25) is 0 Å². The number of aliphatic hydroxyl groups is 1. The van der Waals surface area contributed by atoms with Gasteiger partial charge in [0.05, 0.1) is 24.4 Å². The fraction of sp³-hybridized carbons (Fsp3) is 0.160. The number of aryl methyl sites for hydroxylation is 1. The van der Waals surface area contributed by atoms with Crippen molar-refractivity contribution in [2.24, 2.45) is 0 Å². The van der Waals surface area contributed by atoms with Crippen molar-refractivity contribution in [3.8, 4) is 5.75 Å². The van der Waals surface area contributed by atoms with Gasteiger partial charge in [0, 0.05) is 17.6 Å². The first-order valence-corrected chi connectivity index (χ1v) is 10.9. The van der Waals surface area contributed by atoms with Crippen LogP contribution in [0.2, 0.25) is 0 Å². The predicted molar refractivity (Wildman–Crippen MR) is 122 cm³/mol. The van der Waals surface area contributed by atoms with Crippen LogP contribution in [0.1, 0.15) is 22.3 Å². The Kier molecular flexibility index (Phi) is 5.19. The van der Waals surface area contributed by atoms with E-state index in [4.69, 9.17) is 9.47 Å². The molecule has 0 fully saturated rings. The molecule has 0 aliphatic carbocycles. The molecular formula is C25H19FN2O4S. The first-order valence-electron chi connectivity index (χ1n) is 10.2. The highest BCUT2D eigenvalue weighted by Gasteiger charge is 2.48. The fourth-order valence-electron chi connectivity index (χ4n) is 4.01. The lowest BCUT2D eigenvalue weighted by molar-refractivity contribution is -0.185. The molecule has 1 N–H and O–H groups in total. The lowest BCUT2D eigenvalue weighted by Crippen LogP contribution is -2.29. The number of hydrogen-bond donors (Lipinski definition) is 1. The summed E-state index contributed by atoms with van der Waals surface area (Å²) in [6.07, 6.45) is 0.0831. The van der Waals surface area contributed by atoms with Gasteiger partial charge in [-0.1, -0.05) is 42.0 Å². The Morgan fingerprint density at radius 2 is 1.82 bits per heavy atom. The molecule has 0 amide bonds. The molecule has 1 unspecified atom stereocenters. The Labute approximate surface area is 193 Å². The summed E-state index contributed by atoms with van der Waals surface area (Å²) in [5.74, 6) is -3.07. The van der Waals surface area contributed by atoms with Crippen LogP contribution in [-0.4, -0.2) is 26.9 Å². The molecule has 0 saturated heterocycles. The summed E-state index contributed by atoms with van der Waals surface area (Å²) >= 11 is 1.08. The third-order valence-electron chi connectivity index (χ3n) is 5.74. The second kappa shape index (κ2) is 8.06. The van der Waals surface area contributed by atoms with Gasteiger partial charge in [-0.15, -0.1) is 0 Å². The van der Waals surface area contributed by atoms with E-state index in [1.165, 1.54) is 19.2 Å². The zero-order chi connectivity index (χ0) is 23.2. The summed E-state index contributed by atoms with van der Waals surface area (Å²) in [6.45, 7) is 1.92. The van der Waals surface area contributed by atoms with E-state index in [-0.39, 0.29) is 17.7 Å². The van der Waals surface area contributed by atoms with E-state index in [0.29, 0.717) is 33.3 Å². The first kappa shape index (κ1) is 21.2. The largest absolute Gasteiger partial charge is 0.494 e. The molecule has 0 bridgehead atoms. The number of ether oxygens (including phenoxy) is 2. The van der Waals surface area contributed by atoms with Crippen LogP contribution >= 0.6 is 11.7 Å². The Morgan fingerprint density at radius 1 is 1.06 bits per heavy atom. The molecular weight excluding hydrogens is 443 g/mol. The molecule has 3 aromatic carbocycles. The van der Waals surface area contributed by atoms with Crippen molar-refractivity contribution in [2.45, 2.75) is 19.1 Å². The standard InChI is InChI=1S/C25H19FN2O4S/c1-14-3-7-17(8-4-14)25(30)18(11-15-5-10-22(31-2)19(26)12-15)23(24(29)32-25)16-6-9-20-21(13-16)28-33-27-20/h3-10,12-13,30H,11H2,1-2H3. The number of carbonyl (C=O) groups excluding carboxylic acids is 1. The highest BCUT2D eigenvalue weighted by molar-refractivity contribution is 7.00. The molecule has 0 saturated carbocycles. The van der Waals surface area contributed by atoms with Gasteiger partial charge in [0.25, 0.3) is 5.79 Å². The maximum absolute atomic E-state index is 14.4. The maximum Gasteiger partial charge on any atom is 0.342 e. The number of methoxy groups -OCH3 is 1. The number of hydrogen-bond acceptors (Lipinski definition) is 7. The van der Waals surface area contributed by atoms with Gasteiger partial charge in [0.2, 0.25) is 0 Å². The van der Waals surface area contributed by atoms with Gasteiger partial charge >= 0.3 is 5.97 Å². The van der Waals surface area contributed by atoms with Crippen molar-refractivity contribution in [3.05, 3.63) is 94.3 Å². The maximum atomic E-state index is 14.4. The van der Waals surface area contributed by atoms with Gasteiger partial charge in [0.15, 0.2) is 11.6 Å². The number of aromatic nitrogens is 2. The third-order valence-corrected chi connectivity index (χ3v) is 6.29. The van der Waals surface area contributed by atoms with E-state index in [1.807, 2.05) is 19.1 Å². The molecule has 5 rings (SSSR count). The molecule has 0 spiro atoms. The minimum atomic E-state index is -1.99. The summed E-state index contributed by atoms with van der Waals surface area (Å²) < 4.78 is 33.4. The van der Waals surface area contributed by atoms with E-state index in [1.54, 1.807) is 36.4 Å². The third kappa shape index (κ3) is 3.67.